The molecule has 3 rings (SSSR count). The average molecular weight is 357 g/mol. The maximum Gasteiger partial charge on any atom is 0.225 e. The van der Waals surface area contributed by atoms with Gasteiger partial charge in [0.1, 0.15) is 23.0 Å². The van der Waals surface area contributed by atoms with Gasteiger partial charge in [0.25, 0.3) is 0 Å². The van der Waals surface area contributed by atoms with Gasteiger partial charge in [-0.05, 0) is 43.0 Å². The normalized spacial score (nSPS) is 18.1. The second kappa shape index (κ2) is 7.06. The van der Waals surface area contributed by atoms with Crippen molar-refractivity contribution in [3.63, 3.8) is 0 Å². The van der Waals surface area contributed by atoms with Crippen molar-refractivity contribution in [3.05, 3.63) is 46.9 Å². The van der Waals surface area contributed by atoms with Crippen LogP contribution in [0.25, 0.3) is 0 Å². The summed E-state index contributed by atoms with van der Waals surface area (Å²) in [7, 11) is 3.21. The van der Waals surface area contributed by atoms with Gasteiger partial charge < -0.3 is 19.2 Å². The van der Waals surface area contributed by atoms with Crippen molar-refractivity contribution in [1.29, 1.82) is 0 Å². The van der Waals surface area contributed by atoms with Gasteiger partial charge in [0.2, 0.25) is 5.91 Å². The Morgan fingerprint density at radius 3 is 2.73 bits per heavy atom. The van der Waals surface area contributed by atoms with Gasteiger partial charge in [-0.15, -0.1) is 0 Å². The molecule has 2 aromatic rings. The predicted octanol–water partition coefficient (Wildman–Crippen LogP) is 3.98. The molecule has 0 saturated carbocycles. The van der Waals surface area contributed by atoms with Gasteiger partial charge in [-0.25, -0.2) is 0 Å². The third-order valence-corrected chi connectivity index (χ3v) is 4.91. The van der Waals surface area contributed by atoms with E-state index in [0.29, 0.717) is 11.5 Å². The number of ether oxygens (including phenoxy) is 2. The van der Waals surface area contributed by atoms with E-state index in [1.54, 1.807) is 14.2 Å². The molecular formula is C21H27NO4. The number of nitrogens with one attached hydrogen (secondary N) is 1. The number of hydrogen-bond donors (Lipinski definition) is 1. The standard InChI is InChI=1S/C21H27NO4/c1-13-8-16-17(11-21(2,3)12-19(16)26-13)22-20(23)10-14-9-15(24-4)6-7-18(14)25-5/h6-9,17H,10-12H2,1-5H3,(H,22,23). The molecule has 1 aliphatic carbocycles. The zero-order valence-corrected chi connectivity index (χ0v) is 16.1. The SMILES string of the molecule is COc1ccc(OC)c(CC(=O)NC2CC(C)(C)Cc3oc(C)cc32)c1. The molecule has 0 saturated heterocycles. The minimum Gasteiger partial charge on any atom is -0.497 e. The number of methoxy groups -OCH3 is 2. The number of aryl methyl sites for hydroxylation is 1. The van der Waals surface area contributed by atoms with E-state index in [1.165, 1.54) is 0 Å². The van der Waals surface area contributed by atoms with Gasteiger partial charge in [0.15, 0.2) is 0 Å². The lowest BCUT2D eigenvalue weighted by Crippen LogP contribution is -2.36. The molecule has 0 spiro atoms. The molecule has 1 aromatic carbocycles. The molecular weight excluding hydrogens is 330 g/mol. The highest BCUT2D eigenvalue weighted by Gasteiger charge is 2.35. The number of hydrogen-bond acceptors (Lipinski definition) is 4. The van der Waals surface area contributed by atoms with E-state index in [2.05, 4.69) is 19.2 Å². The van der Waals surface area contributed by atoms with Crippen LogP contribution in [-0.2, 0) is 17.6 Å². The molecule has 1 amide bonds. The molecule has 140 valence electrons. The quantitative estimate of drug-likeness (QED) is 0.879. The summed E-state index contributed by atoms with van der Waals surface area (Å²) in [5.74, 6) is 3.23. The first-order chi connectivity index (χ1) is 12.3. The fraction of sp³-hybridized carbons (Fsp3) is 0.476. The lowest BCUT2D eigenvalue weighted by atomic mass is 9.74. The van der Waals surface area contributed by atoms with Gasteiger partial charge in [0.05, 0.1) is 26.7 Å². The molecule has 1 unspecified atom stereocenters. The number of carbonyl (C=O) groups excluding carboxylic acids is 1. The summed E-state index contributed by atoms with van der Waals surface area (Å²) >= 11 is 0. The highest BCUT2D eigenvalue weighted by molar-refractivity contribution is 5.80. The number of amides is 1. The van der Waals surface area contributed by atoms with E-state index in [9.17, 15) is 4.79 Å². The molecule has 1 N–H and O–H groups in total. The summed E-state index contributed by atoms with van der Waals surface area (Å²) < 4.78 is 16.5. The van der Waals surface area contributed by atoms with Crippen LogP contribution in [0.15, 0.2) is 28.7 Å². The van der Waals surface area contributed by atoms with Crippen LogP contribution in [0.2, 0.25) is 0 Å². The van der Waals surface area contributed by atoms with Crippen molar-refractivity contribution in [2.75, 3.05) is 14.2 Å². The zero-order chi connectivity index (χ0) is 18.9. The lowest BCUT2D eigenvalue weighted by Gasteiger charge is -2.34. The van der Waals surface area contributed by atoms with Crippen LogP contribution < -0.4 is 14.8 Å². The van der Waals surface area contributed by atoms with E-state index in [4.69, 9.17) is 13.9 Å². The van der Waals surface area contributed by atoms with Crippen LogP contribution >= 0.6 is 0 Å². The van der Waals surface area contributed by atoms with Crippen molar-refractivity contribution in [2.45, 2.75) is 46.1 Å². The minimum absolute atomic E-state index is 0.0321. The van der Waals surface area contributed by atoms with Gasteiger partial charge in [-0.3, -0.25) is 4.79 Å². The van der Waals surface area contributed by atoms with Crippen molar-refractivity contribution in [3.8, 4) is 11.5 Å². The summed E-state index contributed by atoms with van der Waals surface area (Å²) in [6.07, 6.45) is 2.02. The number of furan rings is 1. The number of carbonyl (C=O) groups is 1. The predicted molar refractivity (Wildman–Crippen MR) is 99.7 cm³/mol. The first-order valence-corrected chi connectivity index (χ1v) is 8.91. The zero-order valence-electron chi connectivity index (χ0n) is 16.1. The molecule has 5 heteroatoms. The van der Waals surface area contributed by atoms with Crippen molar-refractivity contribution >= 4 is 5.91 Å². The van der Waals surface area contributed by atoms with Gasteiger partial charge >= 0.3 is 0 Å². The van der Waals surface area contributed by atoms with Gasteiger partial charge in [0, 0.05) is 17.5 Å². The van der Waals surface area contributed by atoms with Gasteiger partial charge in [-0.1, -0.05) is 13.8 Å². The van der Waals surface area contributed by atoms with Gasteiger partial charge in [-0.2, -0.15) is 0 Å². The van der Waals surface area contributed by atoms with E-state index in [1.807, 2.05) is 31.2 Å². The highest BCUT2D eigenvalue weighted by Crippen LogP contribution is 2.42. The Hall–Kier alpha value is -2.43. The Kier molecular flexibility index (Phi) is 4.99. The van der Waals surface area contributed by atoms with Crippen LogP contribution in [0.4, 0.5) is 0 Å². The highest BCUT2D eigenvalue weighted by atomic mass is 16.5. The van der Waals surface area contributed by atoms with E-state index >= 15 is 0 Å². The lowest BCUT2D eigenvalue weighted by molar-refractivity contribution is -0.121. The molecule has 0 radical (unpaired) electrons. The van der Waals surface area contributed by atoms with E-state index < -0.39 is 0 Å². The van der Waals surface area contributed by atoms with E-state index in [0.717, 1.165) is 35.5 Å². The van der Waals surface area contributed by atoms with Crippen LogP contribution in [0.5, 0.6) is 11.5 Å². The maximum absolute atomic E-state index is 12.7. The molecule has 26 heavy (non-hydrogen) atoms. The molecule has 1 aromatic heterocycles. The smallest absolute Gasteiger partial charge is 0.225 e. The summed E-state index contributed by atoms with van der Waals surface area (Å²) in [4.78, 5) is 12.7. The average Bonchev–Trinajstić information content (AvgIpc) is 2.93. The first-order valence-electron chi connectivity index (χ1n) is 8.91. The Labute approximate surface area is 154 Å². The maximum atomic E-state index is 12.7. The Morgan fingerprint density at radius 1 is 1.27 bits per heavy atom. The van der Waals surface area contributed by atoms with Crippen LogP contribution in [0, 0.1) is 12.3 Å². The molecule has 5 nitrogen and oxygen atoms in total. The number of fused-ring (bicyclic) bond motifs is 1. The summed E-state index contributed by atoms with van der Waals surface area (Å²) in [6, 6.07) is 7.50. The van der Waals surface area contributed by atoms with Crippen molar-refractivity contribution < 1.29 is 18.7 Å². The minimum atomic E-state index is -0.0379. The number of benzene rings is 1. The Morgan fingerprint density at radius 2 is 2.04 bits per heavy atom. The molecule has 1 aliphatic rings. The van der Waals surface area contributed by atoms with Crippen molar-refractivity contribution in [2.24, 2.45) is 5.41 Å². The first kappa shape index (κ1) is 18.4. The summed E-state index contributed by atoms with van der Waals surface area (Å²) in [6.45, 7) is 6.36. The molecule has 1 heterocycles. The molecule has 0 fully saturated rings. The van der Waals surface area contributed by atoms with Crippen LogP contribution in [-0.4, -0.2) is 20.1 Å². The fourth-order valence-electron chi connectivity index (χ4n) is 3.75. The Balaban J connectivity index is 1.78. The number of rotatable bonds is 5. The third kappa shape index (κ3) is 3.87. The second-order valence-corrected chi connectivity index (χ2v) is 7.76. The van der Waals surface area contributed by atoms with Crippen molar-refractivity contribution in [1.82, 2.24) is 5.32 Å². The molecule has 0 aliphatic heterocycles. The summed E-state index contributed by atoms with van der Waals surface area (Å²) in [5, 5.41) is 3.19. The second-order valence-electron chi connectivity index (χ2n) is 7.76. The molecule has 1 atom stereocenters. The monoisotopic (exact) mass is 357 g/mol. The van der Waals surface area contributed by atoms with Crippen LogP contribution in [0.1, 0.15) is 49.0 Å². The summed E-state index contributed by atoms with van der Waals surface area (Å²) in [5.41, 5.74) is 2.00. The third-order valence-electron chi connectivity index (χ3n) is 4.91. The fourth-order valence-corrected chi connectivity index (χ4v) is 3.75. The van der Waals surface area contributed by atoms with Crippen LogP contribution in [0.3, 0.4) is 0 Å². The Bertz CT molecular complexity index is 806. The largest absolute Gasteiger partial charge is 0.497 e. The topological polar surface area (TPSA) is 60.7 Å². The van der Waals surface area contributed by atoms with E-state index in [-0.39, 0.29) is 23.8 Å². The molecule has 0 bridgehead atoms.